The number of piperazine rings is 1. The van der Waals surface area contributed by atoms with E-state index in [0.29, 0.717) is 32.6 Å². The van der Waals surface area contributed by atoms with E-state index >= 15 is 0 Å². The number of ether oxygens (including phenoxy) is 2. The van der Waals surface area contributed by atoms with Gasteiger partial charge in [0, 0.05) is 69.8 Å². The molecule has 4 amide bonds. The van der Waals surface area contributed by atoms with Crippen molar-refractivity contribution in [3.05, 3.63) is 29.8 Å². The molecule has 2 saturated heterocycles. The van der Waals surface area contributed by atoms with Crippen molar-refractivity contribution in [3.8, 4) is 0 Å². The van der Waals surface area contributed by atoms with Crippen molar-refractivity contribution >= 4 is 23.7 Å². The fourth-order valence-electron chi connectivity index (χ4n) is 5.55. The summed E-state index contributed by atoms with van der Waals surface area (Å²) in [7, 11) is 0. The second-order valence-corrected chi connectivity index (χ2v) is 10.4. The minimum Gasteiger partial charge on any atom is -0.439 e. The normalized spacial score (nSPS) is 20.9. The van der Waals surface area contributed by atoms with Crippen molar-refractivity contribution in [2.45, 2.75) is 57.5 Å². The van der Waals surface area contributed by atoms with Crippen molar-refractivity contribution in [1.29, 1.82) is 0 Å². The zero-order valence-corrected chi connectivity index (χ0v) is 22.2. The number of para-hydroxylation sites is 1. The Morgan fingerprint density at radius 2 is 1.86 bits per heavy atom. The van der Waals surface area contributed by atoms with Gasteiger partial charge in [-0.15, -0.1) is 0 Å². The highest BCUT2D eigenvalue weighted by Crippen LogP contribution is 2.28. The highest BCUT2D eigenvalue weighted by molar-refractivity contribution is 5.91. The average molecular weight is 516 g/mol. The number of nitrogens with zero attached hydrogens (tertiary/aromatic N) is 3. The Labute approximate surface area is 219 Å². The first-order valence-electron chi connectivity index (χ1n) is 13.6. The summed E-state index contributed by atoms with van der Waals surface area (Å²) in [6.07, 6.45) is 3.58. The van der Waals surface area contributed by atoms with Crippen LogP contribution in [0.15, 0.2) is 24.3 Å². The molecule has 0 saturated carbocycles. The van der Waals surface area contributed by atoms with Crippen LogP contribution in [0.25, 0.3) is 0 Å². The molecule has 3 aliphatic rings. The van der Waals surface area contributed by atoms with Crippen LogP contribution in [0.1, 0.15) is 45.1 Å². The second kappa shape index (κ2) is 12.6. The summed E-state index contributed by atoms with van der Waals surface area (Å²) in [6.45, 7) is 9.54. The second-order valence-electron chi connectivity index (χ2n) is 10.4. The highest BCUT2D eigenvalue weighted by atomic mass is 16.6. The molecule has 0 radical (unpaired) electrons. The van der Waals surface area contributed by atoms with Crippen LogP contribution >= 0.6 is 0 Å². The third-order valence-electron chi connectivity index (χ3n) is 8.09. The van der Waals surface area contributed by atoms with E-state index in [0.717, 1.165) is 63.2 Å². The largest absolute Gasteiger partial charge is 0.439 e. The smallest absolute Gasteiger partial charge is 0.407 e. The van der Waals surface area contributed by atoms with Crippen LogP contribution in [-0.2, 0) is 20.7 Å². The van der Waals surface area contributed by atoms with Gasteiger partial charge in [-0.25, -0.2) is 9.59 Å². The van der Waals surface area contributed by atoms with Gasteiger partial charge in [0.05, 0.1) is 0 Å². The zero-order valence-electron chi connectivity index (χ0n) is 22.2. The Morgan fingerprint density at radius 1 is 1.14 bits per heavy atom. The molecule has 0 aromatic heterocycles. The maximum atomic E-state index is 12.8. The van der Waals surface area contributed by atoms with E-state index in [1.165, 1.54) is 0 Å². The Morgan fingerprint density at radius 3 is 2.59 bits per heavy atom. The molecule has 10 heteroatoms. The lowest BCUT2D eigenvalue weighted by atomic mass is 9.89. The molecule has 2 N–H and O–H groups in total. The first-order valence-corrected chi connectivity index (χ1v) is 13.6. The van der Waals surface area contributed by atoms with E-state index in [9.17, 15) is 14.4 Å². The summed E-state index contributed by atoms with van der Waals surface area (Å²) in [5.41, 5.74) is 2.12. The lowest BCUT2D eigenvalue weighted by Crippen LogP contribution is -2.58. The fourth-order valence-corrected chi connectivity index (χ4v) is 5.55. The molecule has 204 valence electrons. The van der Waals surface area contributed by atoms with Crippen LogP contribution in [-0.4, -0.2) is 103 Å². The summed E-state index contributed by atoms with van der Waals surface area (Å²) in [5.74, 6) is -0.167. The molecule has 1 unspecified atom stereocenters. The number of carbonyl (C=O) groups excluding carboxylic acids is 3. The molecule has 0 aliphatic carbocycles. The number of hydrogen-bond donors (Lipinski definition) is 2. The molecule has 10 nitrogen and oxygen atoms in total. The van der Waals surface area contributed by atoms with Gasteiger partial charge in [-0.3, -0.25) is 9.69 Å². The van der Waals surface area contributed by atoms with Gasteiger partial charge in [-0.2, -0.15) is 0 Å². The Hall–Kier alpha value is -2.85. The van der Waals surface area contributed by atoms with Crippen molar-refractivity contribution in [2.75, 3.05) is 64.4 Å². The summed E-state index contributed by atoms with van der Waals surface area (Å²) >= 11 is 0. The van der Waals surface area contributed by atoms with Crippen LogP contribution in [0.3, 0.4) is 0 Å². The number of rotatable bonds is 8. The standard InChI is InChI=1S/C27H41N5O5/c1-3-22(32-13-9-21-6-4-5-7-23(21)29-25(32)34)8-12-28-26(35)37-20-24(33)30-14-16-31(17-15-30)27(2)10-18-36-19-11-27/h4-7,22H,3,8-20H2,1-2H3,(H,28,35)(H,29,34). The molecular weight excluding hydrogens is 474 g/mol. The number of nitrogens with one attached hydrogen (secondary N) is 2. The first-order chi connectivity index (χ1) is 17.9. The van der Waals surface area contributed by atoms with Crippen molar-refractivity contribution in [2.24, 2.45) is 0 Å². The molecule has 1 atom stereocenters. The topological polar surface area (TPSA) is 103 Å². The van der Waals surface area contributed by atoms with Gasteiger partial charge in [0.25, 0.3) is 5.91 Å². The molecule has 3 aliphatic heterocycles. The van der Waals surface area contributed by atoms with Crippen LogP contribution in [0, 0.1) is 0 Å². The van der Waals surface area contributed by atoms with E-state index in [-0.39, 0.29) is 30.1 Å². The molecule has 1 aromatic carbocycles. The fraction of sp³-hybridized carbons (Fsp3) is 0.667. The maximum absolute atomic E-state index is 12.8. The molecule has 37 heavy (non-hydrogen) atoms. The molecule has 0 bridgehead atoms. The summed E-state index contributed by atoms with van der Waals surface area (Å²) < 4.78 is 10.7. The highest BCUT2D eigenvalue weighted by Gasteiger charge is 2.36. The lowest BCUT2D eigenvalue weighted by Gasteiger charge is -2.47. The number of alkyl carbamates (subject to hydrolysis) is 1. The molecule has 2 fully saturated rings. The van der Waals surface area contributed by atoms with E-state index in [2.05, 4.69) is 22.5 Å². The Kier molecular flexibility index (Phi) is 9.26. The van der Waals surface area contributed by atoms with Gasteiger partial charge < -0.3 is 29.9 Å². The average Bonchev–Trinajstić information content (AvgIpc) is 3.08. The quantitative estimate of drug-likeness (QED) is 0.552. The number of anilines is 1. The summed E-state index contributed by atoms with van der Waals surface area (Å²) in [6, 6.07) is 7.72. The monoisotopic (exact) mass is 515 g/mol. The van der Waals surface area contributed by atoms with Crippen LogP contribution in [0.2, 0.25) is 0 Å². The Bertz CT molecular complexity index is 943. The number of urea groups is 1. The van der Waals surface area contributed by atoms with Crippen molar-refractivity contribution in [1.82, 2.24) is 20.0 Å². The summed E-state index contributed by atoms with van der Waals surface area (Å²) in [4.78, 5) is 43.7. The van der Waals surface area contributed by atoms with Gasteiger partial charge in [0.1, 0.15) is 0 Å². The number of benzene rings is 1. The zero-order chi connectivity index (χ0) is 26.3. The summed E-state index contributed by atoms with van der Waals surface area (Å²) in [5, 5.41) is 5.73. The molecule has 3 heterocycles. The number of fused-ring (bicyclic) bond motifs is 1. The lowest BCUT2D eigenvalue weighted by molar-refractivity contribution is -0.137. The molecule has 0 spiro atoms. The van der Waals surface area contributed by atoms with Gasteiger partial charge in [-0.05, 0) is 50.7 Å². The van der Waals surface area contributed by atoms with E-state index in [4.69, 9.17) is 9.47 Å². The third-order valence-corrected chi connectivity index (χ3v) is 8.09. The number of carbonyl (C=O) groups is 3. The number of amides is 4. The van der Waals surface area contributed by atoms with Crippen LogP contribution < -0.4 is 10.6 Å². The molecule has 1 aromatic rings. The minimum absolute atomic E-state index is 0.00914. The van der Waals surface area contributed by atoms with Crippen molar-refractivity contribution < 1.29 is 23.9 Å². The predicted octanol–water partition coefficient (Wildman–Crippen LogP) is 2.68. The van der Waals surface area contributed by atoms with E-state index in [1.807, 2.05) is 36.1 Å². The molecule has 4 rings (SSSR count). The van der Waals surface area contributed by atoms with Gasteiger partial charge in [0.2, 0.25) is 0 Å². The minimum atomic E-state index is -0.607. The van der Waals surface area contributed by atoms with E-state index < -0.39 is 6.09 Å². The van der Waals surface area contributed by atoms with Crippen molar-refractivity contribution in [3.63, 3.8) is 0 Å². The predicted molar refractivity (Wildman–Crippen MR) is 141 cm³/mol. The SMILES string of the molecule is CCC(CCNC(=O)OCC(=O)N1CCN(C2(C)CCOCC2)CC1)N1CCc2ccccc2NC1=O. The number of hydrogen-bond acceptors (Lipinski definition) is 6. The van der Waals surface area contributed by atoms with E-state index in [1.54, 1.807) is 4.90 Å². The van der Waals surface area contributed by atoms with Gasteiger partial charge >= 0.3 is 12.1 Å². The maximum Gasteiger partial charge on any atom is 0.407 e. The van der Waals surface area contributed by atoms with Crippen LogP contribution in [0.5, 0.6) is 0 Å². The van der Waals surface area contributed by atoms with Gasteiger partial charge in [0.15, 0.2) is 6.61 Å². The van der Waals surface area contributed by atoms with Crippen LogP contribution in [0.4, 0.5) is 15.3 Å². The first kappa shape index (κ1) is 27.2. The molecular formula is C27H41N5O5. The third kappa shape index (κ3) is 6.93. The Balaban J connectivity index is 1.15. The van der Waals surface area contributed by atoms with Gasteiger partial charge in [-0.1, -0.05) is 25.1 Å².